The number of rotatable bonds is 5. The van der Waals surface area contributed by atoms with Crippen molar-refractivity contribution in [1.82, 2.24) is 9.97 Å². The minimum absolute atomic E-state index is 0.0273. The first kappa shape index (κ1) is 27.7. The average Bonchev–Trinajstić information content (AvgIpc) is 3.53. The van der Waals surface area contributed by atoms with Crippen LogP contribution >= 0.6 is 24.1 Å². The van der Waals surface area contributed by atoms with Gasteiger partial charge in [-0.15, -0.1) is 0 Å². The zero-order valence-electron chi connectivity index (χ0n) is 19.3. The SMILES string of the molecule is CSc1ncc(B(O)O)c(C[N+]2(C)COSOC(C34C=C(C(F)(F)F)C=C(C(F)(F)F)C3C4)C2C)n1. The van der Waals surface area contributed by atoms with Crippen LogP contribution in [0.5, 0.6) is 0 Å². The van der Waals surface area contributed by atoms with Gasteiger partial charge in [0.05, 0.1) is 18.3 Å². The van der Waals surface area contributed by atoms with Gasteiger partial charge in [-0.1, -0.05) is 17.8 Å². The summed E-state index contributed by atoms with van der Waals surface area (Å²) in [5.41, 5.74) is -3.79. The summed E-state index contributed by atoms with van der Waals surface area (Å²) in [6, 6.07) is -0.667. The smallest absolute Gasteiger partial charge is 0.423 e. The third-order valence-corrected chi connectivity index (χ3v) is 8.20. The van der Waals surface area contributed by atoms with E-state index in [2.05, 4.69) is 9.97 Å². The second-order valence-corrected chi connectivity index (χ2v) is 10.7. The van der Waals surface area contributed by atoms with E-state index in [1.54, 1.807) is 20.2 Å². The maximum absolute atomic E-state index is 13.7. The molecule has 1 aromatic heterocycles. The number of nitrogens with zero attached hydrogens (tertiary/aromatic N) is 3. The van der Waals surface area contributed by atoms with Crippen molar-refractivity contribution in [1.29, 1.82) is 0 Å². The highest BCUT2D eigenvalue weighted by atomic mass is 32.2. The van der Waals surface area contributed by atoms with Gasteiger partial charge in [0.1, 0.15) is 18.7 Å². The Morgan fingerprint density at radius 1 is 1.25 bits per heavy atom. The van der Waals surface area contributed by atoms with E-state index in [0.717, 1.165) is 6.08 Å². The first-order valence-corrected chi connectivity index (χ1v) is 12.7. The summed E-state index contributed by atoms with van der Waals surface area (Å²) < 4.78 is 93.2. The molecule has 3 aliphatic rings. The summed E-state index contributed by atoms with van der Waals surface area (Å²) in [5.74, 6) is -1.18. The molecule has 16 heteroatoms. The molecule has 0 bridgehead atoms. The molecule has 36 heavy (non-hydrogen) atoms. The van der Waals surface area contributed by atoms with Crippen molar-refractivity contribution < 1.29 is 49.2 Å². The molecule has 1 aromatic rings. The monoisotopic (exact) mass is 558 g/mol. The minimum Gasteiger partial charge on any atom is -0.423 e. The molecular weight excluding hydrogens is 535 g/mol. The maximum Gasteiger partial charge on any atom is 0.492 e. The average molecular weight is 558 g/mol. The van der Waals surface area contributed by atoms with Gasteiger partial charge in [-0.25, -0.2) is 14.2 Å². The Morgan fingerprint density at radius 2 is 1.94 bits per heavy atom. The Balaban J connectivity index is 1.73. The van der Waals surface area contributed by atoms with Crippen LogP contribution in [0.25, 0.3) is 0 Å². The zero-order chi connectivity index (χ0) is 26.7. The molecule has 2 heterocycles. The van der Waals surface area contributed by atoms with Gasteiger partial charge >= 0.3 is 19.5 Å². The van der Waals surface area contributed by atoms with Crippen LogP contribution in [0.4, 0.5) is 26.3 Å². The van der Waals surface area contributed by atoms with Crippen LogP contribution in [0.15, 0.2) is 34.7 Å². The first-order valence-electron chi connectivity index (χ1n) is 10.8. The van der Waals surface area contributed by atoms with E-state index in [4.69, 9.17) is 8.37 Å². The third-order valence-electron chi connectivity index (χ3n) is 7.15. The number of likely N-dealkylation sites (N-methyl/N-ethyl adjacent to an activating group) is 1. The predicted octanol–water partition coefficient (Wildman–Crippen LogP) is 3.15. The van der Waals surface area contributed by atoms with Gasteiger partial charge in [-0.2, -0.15) is 26.3 Å². The van der Waals surface area contributed by atoms with Gasteiger partial charge < -0.3 is 10.0 Å². The normalized spacial score (nSPS) is 32.8. The van der Waals surface area contributed by atoms with E-state index in [9.17, 15) is 36.4 Å². The van der Waals surface area contributed by atoms with Crippen molar-refractivity contribution in [2.45, 2.75) is 49.5 Å². The lowest BCUT2D eigenvalue weighted by atomic mass is 9.79. The topological polar surface area (TPSA) is 84.7 Å². The number of allylic oxidation sites excluding steroid dienone is 3. The summed E-state index contributed by atoms with van der Waals surface area (Å²) in [5, 5.41) is 19.9. The zero-order valence-corrected chi connectivity index (χ0v) is 20.9. The van der Waals surface area contributed by atoms with E-state index in [1.807, 2.05) is 0 Å². The number of quaternary nitrogens is 1. The largest absolute Gasteiger partial charge is 0.492 e. The number of hydrogen-bond acceptors (Lipinski definition) is 8. The van der Waals surface area contributed by atoms with E-state index in [1.165, 1.54) is 18.0 Å². The summed E-state index contributed by atoms with van der Waals surface area (Å²) in [7, 11) is -0.179. The molecular formula is C20H23BF6N3O4S2+. The fraction of sp³-hybridized carbons (Fsp3) is 0.600. The number of aromatic nitrogens is 2. The van der Waals surface area contributed by atoms with Crippen molar-refractivity contribution in [2.75, 3.05) is 20.0 Å². The molecule has 1 saturated heterocycles. The second kappa shape index (κ2) is 9.47. The molecule has 0 spiro atoms. The van der Waals surface area contributed by atoms with Gasteiger partial charge in [0.2, 0.25) is 0 Å². The highest BCUT2D eigenvalue weighted by molar-refractivity contribution is 7.98. The van der Waals surface area contributed by atoms with Crippen LogP contribution in [-0.4, -0.2) is 76.2 Å². The molecule has 0 amide bonds. The number of fused-ring (bicyclic) bond motifs is 1. The standard InChI is InChI=1S/C20H23BF6N3O4S2/c1-10-16(18-5-11(19(22,23)24)4-12(13(18)6-18)20(25,26)27)34-36-33-9-30(10,2)8-15-14(21(31)32)7-28-17(29-15)35-3/h4-5,7,10,13,16,31-32H,6,8-9H2,1-3H3/q+1. The molecule has 0 aromatic carbocycles. The van der Waals surface area contributed by atoms with E-state index >= 15 is 0 Å². The van der Waals surface area contributed by atoms with Gasteiger partial charge in [0.25, 0.3) is 0 Å². The lowest BCUT2D eigenvalue weighted by Crippen LogP contribution is -2.58. The number of hydrogen-bond donors (Lipinski definition) is 2. The molecule has 2 N–H and O–H groups in total. The molecule has 1 aliphatic heterocycles. The maximum atomic E-state index is 13.7. The van der Waals surface area contributed by atoms with E-state index < -0.39 is 54.1 Å². The second-order valence-electron chi connectivity index (χ2n) is 9.41. The number of alkyl halides is 6. The Hall–Kier alpha value is -1.30. The Bertz CT molecular complexity index is 1090. The fourth-order valence-electron chi connectivity index (χ4n) is 4.95. The number of halogens is 6. The van der Waals surface area contributed by atoms with E-state index in [0.29, 0.717) is 17.5 Å². The molecule has 1 saturated carbocycles. The van der Waals surface area contributed by atoms with Crippen molar-refractivity contribution in [2.24, 2.45) is 11.3 Å². The minimum atomic E-state index is -4.96. The molecule has 2 fully saturated rings. The summed E-state index contributed by atoms with van der Waals surface area (Å²) in [6.07, 6.45) is -7.06. The predicted molar refractivity (Wildman–Crippen MR) is 120 cm³/mol. The van der Waals surface area contributed by atoms with Gasteiger partial charge in [-0.3, -0.25) is 8.67 Å². The van der Waals surface area contributed by atoms with Crippen LogP contribution in [0.1, 0.15) is 19.0 Å². The van der Waals surface area contributed by atoms with Crippen molar-refractivity contribution in [3.8, 4) is 0 Å². The van der Waals surface area contributed by atoms with Crippen molar-refractivity contribution in [3.05, 3.63) is 35.2 Å². The molecule has 4 rings (SSSR count). The quantitative estimate of drug-likeness (QED) is 0.143. The van der Waals surface area contributed by atoms with Gasteiger partial charge in [0.15, 0.2) is 24.2 Å². The molecule has 0 radical (unpaired) electrons. The highest BCUT2D eigenvalue weighted by Crippen LogP contribution is 2.68. The summed E-state index contributed by atoms with van der Waals surface area (Å²) in [6.45, 7) is 1.67. The molecule has 5 atom stereocenters. The molecule has 2 aliphatic carbocycles. The number of thioether (sulfide) groups is 1. The van der Waals surface area contributed by atoms with Crippen molar-refractivity contribution >= 4 is 36.7 Å². The third kappa shape index (κ3) is 5.05. The summed E-state index contributed by atoms with van der Waals surface area (Å²) >= 11 is 1.76. The first-order chi connectivity index (χ1) is 16.6. The summed E-state index contributed by atoms with van der Waals surface area (Å²) in [4.78, 5) is 8.40. The van der Waals surface area contributed by atoms with E-state index in [-0.39, 0.29) is 41.4 Å². The van der Waals surface area contributed by atoms with Crippen LogP contribution < -0.4 is 5.46 Å². The fourth-order valence-corrected chi connectivity index (χ4v) is 6.07. The Labute approximate surface area is 212 Å². The van der Waals surface area contributed by atoms with Gasteiger partial charge in [0, 0.05) is 28.6 Å². The van der Waals surface area contributed by atoms with Crippen LogP contribution in [0.3, 0.4) is 0 Å². The highest BCUT2D eigenvalue weighted by Gasteiger charge is 2.69. The lowest BCUT2D eigenvalue weighted by Gasteiger charge is -2.42. The van der Waals surface area contributed by atoms with Gasteiger partial charge in [-0.05, 0) is 25.7 Å². The van der Waals surface area contributed by atoms with Crippen LogP contribution in [-0.2, 0) is 14.9 Å². The Morgan fingerprint density at radius 3 is 2.53 bits per heavy atom. The molecule has 7 nitrogen and oxygen atoms in total. The molecule has 5 unspecified atom stereocenters. The lowest BCUT2D eigenvalue weighted by molar-refractivity contribution is -0.959. The Kier molecular flexibility index (Phi) is 7.29. The van der Waals surface area contributed by atoms with Crippen LogP contribution in [0, 0.1) is 11.3 Å². The van der Waals surface area contributed by atoms with Crippen molar-refractivity contribution in [3.63, 3.8) is 0 Å². The van der Waals surface area contributed by atoms with Crippen LogP contribution in [0.2, 0.25) is 0 Å². The molecule has 198 valence electrons.